The standard InChI is InChI=1S/C18H16F3N5/c1-9(2)16-23-17-14(13(18(19,20)21)4-5-26(17)25-16)11-6-10(3)15-12(7-11)8-22-24-15/h4-9H,1-3H3,(H,22,24). The molecule has 0 aliphatic carbocycles. The SMILES string of the molecule is Cc1cc(-c2c(C(F)(F)F)ccn3nc(C(C)C)nc23)cc2cn[nH]c12. The first-order chi connectivity index (χ1) is 12.3. The maximum absolute atomic E-state index is 13.7. The van der Waals surface area contributed by atoms with Crippen LogP contribution in [-0.2, 0) is 6.18 Å². The van der Waals surface area contributed by atoms with Crippen molar-refractivity contribution in [2.24, 2.45) is 0 Å². The number of nitrogens with zero attached hydrogens (tertiary/aromatic N) is 4. The Morgan fingerprint density at radius 1 is 1.19 bits per heavy atom. The summed E-state index contributed by atoms with van der Waals surface area (Å²) in [6, 6.07) is 4.46. The van der Waals surface area contributed by atoms with Gasteiger partial charge in [-0.05, 0) is 36.2 Å². The van der Waals surface area contributed by atoms with Gasteiger partial charge >= 0.3 is 6.18 Å². The van der Waals surface area contributed by atoms with E-state index in [-0.39, 0.29) is 17.1 Å². The molecule has 0 saturated heterocycles. The van der Waals surface area contributed by atoms with Crippen LogP contribution in [0.15, 0.2) is 30.6 Å². The second-order valence-electron chi connectivity index (χ2n) is 6.62. The van der Waals surface area contributed by atoms with Crippen molar-refractivity contribution in [1.29, 1.82) is 0 Å². The summed E-state index contributed by atoms with van der Waals surface area (Å²) >= 11 is 0. The zero-order valence-corrected chi connectivity index (χ0v) is 14.4. The van der Waals surface area contributed by atoms with Gasteiger partial charge in [0.25, 0.3) is 0 Å². The normalized spacial score (nSPS) is 12.6. The minimum atomic E-state index is -4.50. The minimum Gasteiger partial charge on any atom is -0.278 e. The van der Waals surface area contributed by atoms with Gasteiger partial charge in [-0.3, -0.25) is 5.10 Å². The van der Waals surface area contributed by atoms with E-state index >= 15 is 0 Å². The Bertz CT molecular complexity index is 1120. The molecule has 1 N–H and O–H groups in total. The molecule has 0 saturated carbocycles. The van der Waals surface area contributed by atoms with Crippen LogP contribution in [0.3, 0.4) is 0 Å². The van der Waals surface area contributed by atoms with Crippen molar-refractivity contribution in [2.45, 2.75) is 32.9 Å². The Balaban J connectivity index is 2.09. The summed E-state index contributed by atoms with van der Waals surface area (Å²) in [5.74, 6) is 0.516. The molecule has 0 fully saturated rings. The molecule has 0 radical (unpaired) electrons. The Labute approximate surface area is 146 Å². The third-order valence-corrected chi connectivity index (χ3v) is 4.38. The van der Waals surface area contributed by atoms with Crippen LogP contribution in [0.25, 0.3) is 27.7 Å². The molecule has 0 aliphatic rings. The Hall–Kier alpha value is -2.90. The van der Waals surface area contributed by atoms with Gasteiger partial charge in [-0.1, -0.05) is 13.8 Å². The summed E-state index contributed by atoms with van der Waals surface area (Å²) in [5.41, 5.74) is 1.57. The Kier molecular flexibility index (Phi) is 3.54. The monoisotopic (exact) mass is 359 g/mol. The molecular formula is C18H16F3N5. The van der Waals surface area contributed by atoms with Crippen LogP contribution in [-0.4, -0.2) is 24.8 Å². The van der Waals surface area contributed by atoms with Crippen LogP contribution in [0.2, 0.25) is 0 Å². The molecule has 3 heterocycles. The van der Waals surface area contributed by atoms with E-state index in [2.05, 4.69) is 20.3 Å². The van der Waals surface area contributed by atoms with E-state index in [9.17, 15) is 13.2 Å². The molecule has 0 aliphatic heterocycles. The zero-order chi connectivity index (χ0) is 18.6. The number of rotatable bonds is 2. The molecule has 1 aromatic carbocycles. The van der Waals surface area contributed by atoms with Crippen LogP contribution < -0.4 is 0 Å². The van der Waals surface area contributed by atoms with Gasteiger partial charge in [-0.25, -0.2) is 9.50 Å². The number of benzene rings is 1. The lowest BCUT2D eigenvalue weighted by Gasteiger charge is -2.14. The van der Waals surface area contributed by atoms with Crippen molar-refractivity contribution < 1.29 is 13.2 Å². The van der Waals surface area contributed by atoms with Crippen molar-refractivity contribution in [1.82, 2.24) is 24.8 Å². The maximum atomic E-state index is 13.7. The van der Waals surface area contributed by atoms with Gasteiger partial charge in [0.2, 0.25) is 0 Å². The van der Waals surface area contributed by atoms with Crippen LogP contribution in [0, 0.1) is 6.92 Å². The summed E-state index contributed by atoms with van der Waals surface area (Å²) in [7, 11) is 0. The fourth-order valence-corrected chi connectivity index (χ4v) is 3.11. The molecule has 4 rings (SSSR count). The van der Waals surface area contributed by atoms with Crippen LogP contribution >= 0.6 is 0 Å². The predicted molar refractivity (Wildman–Crippen MR) is 91.9 cm³/mol. The van der Waals surface area contributed by atoms with Crippen molar-refractivity contribution in [3.63, 3.8) is 0 Å². The number of H-pyrrole nitrogens is 1. The number of fused-ring (bicyclic) bond motifs is 2. The summed E-state index contributed by atoms with van der Waals surface area (Å²) in [6.07, 6.45) is -1.59. The van der Waals surface area contributed by atoms with Crippen molar-refractivity contribution in [3.8, 4) is 11.1 Å². The zero-order valence-electron chi connectivity index (χ0n) is 14.4. The molecule has 4 aromatic rings. The highest BCUT2D eigenvalue weighted by atomic mass is 19.4. The summed E-state index contributed by atoms with van der Waals surface area (Å²) in [6.45, 7) is 5.64. The number of pyridine rings is 1. The summed E-state index contributed by atoms with van der Waals surface area (Å²) in [5, 5.41) is 11.9. The highest BCUT2D eigenvalue weighted by molar-refractivity contribution is 5.91. The van der Waals surface area contributed by atoms with Crippen molar-refractivity contribution in [2.75, 3.05) is 0 Å². The number of nitrogens with one attached hydrogen (secondary N) is 1. The number of aromatic amines is 1. The van der Waals surface area contributed by atoms with E-state index in [0.29, 0.717) is 11.4 Å². The highest BCUT2D eigenvalue weighted by Crippen LogP contribution is 2.40. The first kappa shape index (κ1) is 16.6. The molecule has 0 spiro atoms. The van der Waals surface area contributed by atoms with E-state index in [4.69, 9.17) is 0 Å². The lowest BCUT2D eigenvalue weighted by atomic mass is 9.97. The molecule has 0 bridgehead atoms. The van der Waals surface area contributed by atoms with Gasteiger partial charge in [-0.15, -0.1) is 0 Å². The highest BCUT2D eigenvalue weighted by Gasteiger charge is 2.35. The average Bonchev–Trinajstić information content (AvgIpc) is 3.19. The lowest BCUT2D eigenvalue weighted by molar-refractivity contribution is -0.137. The largest absolute Gasteiger partial charge is 0.417 e. The number of aromatic nitrogens is 5. The van der Waals surface area contributed by atoms with Crippen LogP contribution in [0.1, 0.15) is 36.7 Å². The third-order valence-electron chi connectivity index (χ3n) is 4.38. The average molecular weight is 359 g/mol. The van der Waals surface area contributed by atoms with Gasteiger partial charge < -0.3 is 0 Å². The molecule has 5 nitrogen and oxygen atoms in total. The topological polar surface area (TPSA) is 58.9 Å². The molecule has 3 aromatic heterocycles. The Morgan fingerprint density at radius 3 is 2.65 bits per heavy atom. The van der Waals surface area contributed by atoms with E-state index < -0.39 is 11.7 Å². The van der Waals surface area contributed by atoms with E-state index in [1.54, 1.807) is 18.3 Å². The fourth-order valence-electron chi connectivity index (χ4n) is 3.11. The summed E-state index contributed by atoms with van der Waals surface area (Å²) in [4.78, 5) is 4.39. The number of hydrogen-bond acceptors (Lipinski definition) is 3. The quantitative estimate of drug-likeness (QED) is 0.563. The maximum Gasteiger partial charge on any atom is 0.417 e. The van der Waals surface area contributed by atoms with Gasteiger partial charge in [0.15, 0.2) is 11.5 Å². The number of aryl methyl sites for hydroxylation is 1. The first-order valence-corrected chi connectivity index (χ1v) is 8.16. The second-order valence-corrected chi connectivity index (χ2v) is 6.62. The molecule has 0 amide bonds. The molecule has 0 unspecified atom stereocenters. The van der Waals surface area contributed by atoms with E-state index in [0.717, 1.165) is 22.5 Å². The number of halogens is 3. The van der Waals surface area contributed by atoms with E-state index in [1.165, 1.54) is 10.7 Å². The molecule has 26 heavy (non-hydrogen) atoms. The Morgan fingerprint density at radius 2 is 1.96 bits per heavy atom. The smallest absolute Gasteiger partial charge is 0.278 e. The molecular weight excluding hydrogens is 343 g/mol. The molecule has 0 atom stereocenters. The van der Waals surface area contributed by atoms with Gasteiger partial charge in [0.05, 0.1) is 17.3 Å². The number of alkyl halides is 3. The first-order valence-electron chi connectivity index (χ1n) is 8.16. The second kappa shape index (κ2) is 5.55. The fraction of sp³-hybridized carbons (Fsp3) is 0.278. The lowest BCUT2D eigenvalue weighted by Crippen LogP contribution is -2.09. The molecule has 8 heteroatoms. The van der Waals surface area contributed by atoms with Gasteiger partial charge in [0.1, 0.15) is 0 Å². The van der Waals surface area contributed by atoms with Crippen LogP contribution in [0.5, 0.6) is 0 Å². The van der Waals surface area contributed by atoms with Gasteiger partial charge in [-0.2, -0.15) is 23.4 Å². The van der Waals surface area contributed by atoms with Crippen molar-refractivity contribution >= 4 is 16.6 Å². The minimum absolute atomic E-state index is 0.00942. The van der Waals surface area contributed by atoms with Crippen LogP contribution in [0.4, 0.5) is 13.2 Å². The van der Waals surface area contributed by atoms with Gasteiger partial charge in [0, 0.05) is 23.1 Å². The van der Waals surface area contributed by atoms with E-state index in [1.807, 2.05) is 20.8 Å². The molecule has 134 valence electrons. The third kappa shape index (κ3) is 2.53. The van der Waals surface area contributed by atoms with Crippen molar-refractivity contribution in [3.05, 3.63) is 47.5 Å². The predicted octanol–water partition coefficient (Wildman–Crippen LogP) is 4.72. The number of hydrogen-bond donors (Lipinski definition) is 1. The summed E-state index contributed by atoms with van der Waals surface area (Å²) < 4.78 is 42.5.